The van der Waals surface area contributed by atoms with Crippen LogP contribution < -0.4 is 0 Å². The number of ether oxygens (including phenoxy) is 1. The van der Waals surface area contributed by atoms with E-state index >= 15 is 0 Å². The highest BCUT2D eigenvalue weighted by Crippen LogP contribution is 2.26. The number of esters is 1. The maximum absolute atomic E-state index is 11.6. The third-order valence-electron chi connectivity index (χ3n) is 3.59. The first-order valence-corrected chi connectivity index (χ1v) is 7.16. The number of hydrogen-bond donors (Lipinski definition) is 0. The summed E-state index contributed by atoms with van der Waals surface area (Å²) in [6, 6.07) is 14.3. The van der Waals surface area contributed by atoms with Crippen LogP contribution in [-0.2, 0) is 4.74 Å². The third-order valence-corrected chi connectivity index (χ3v) is 3.59. The summed E-state index contributed by atoms with van der Waals surface area (Å²) < 4.78 is 10.0. The van der Waals surface area contributed by atoms with Crippen LogP contribution in [0.25, 0.3) is 22.8 Å². The lowest BCUT2D eigenvalue weighted by atomic mass is 10.0. The molecule has 0 unspecified atom stereocenters. The van der Waals surface area contributed by atoms with Crippen LogP contribution in [0.4, 0.5) is 0 Å². The molecule has 2 aromatic carbocycles. The van der Waals surface area contributed by atoms with Gasteiger partial charge < -0.3 is 9.26 Å². The molecule has 0 radical (unpaired) electrons. The third kappa shape index (κ3) is 2.75. The number of nitrogens with zero attached hydrogens (tertiary/aromatic N) is 3. The van der Waals surface area contributed by atoms with Gasteiger partial charge >= 0.3 is 5.97 Å². The van der Waals surface area contributed by atoms with E-state index in [1.165, 1.54) is 7.11 Å². The molecule has 0 bridgehead atoms. The highest BCUT2D eigenvalue weighted by molar-refractivity contribution is 5.91. The standard InChI is InChI=1S/C18H13N3O3/c1-11-9-12(7-8-14(11)18(22)23-2)16-20-17(24-21-16)15-6-4-3-5-13(15)10-19/h3-9H,1-2H3. The molecule has 0 aliphatic rings. The second-order valence-electron chi connectivity index (χ2n) is 5.10. The molecule has 24 heavy (non-hydrogen) atoms. The molecule has 1 heterocycles. The summed E-state index contributed by atoms with van der Waals surface area (Å²) >= 11 is 0. The van der Waals surface area contributed by atoms with Gasteiger partial charge in [-0.15, -0.1) is 0 Å². The molecule has 0 saturated carbocycles. The van der Waals surface area contributed by atoms with E-state index in [-0.39, 0.29) is 5.89 Å². The summed E-state index contributed by atoms with van der Waals surface area (Å²) in [4.78, 5) is 16.0. The molecule has 6 heteroatoms. The number of carbonyl (C=O) groups excluding carboxylic acids is 1. The minimum absolute atomic E-state index is 0.275. The molecule has 118 valence electrons. The monoisotopic (exact) mass is 319 g/mol. The predicted molar refractivity (Wildman–Crippen MR) is 86.0 cm³/mol. The fraction of sp³-hybridized carbons (Fsp3) is 0.111. The van der Waals surface area contributed by atoms with Gasteiger partial charge in [0.2, 0.25) is 5.82 Å². The summed E-state index contributed by atoms with van der Waals surface area (Å²) in [7, 11) is 1.34. The fourth-order valence-corrected chi connectivity index (χ4v) is 2.36. The fourth-order valence-electron chi connectivity index (χ4n) is 2.36. The maximum atomic E-state index is 11.6. The SMILES string of the molecule is COC(=O)c1ccc(-c2noc(-c3ccccc3C#N)n2)cc1C. The number of nitriles is 1. The lowest BCUT2D eigenvalue weighted by Gasteiger charge is -2.04. The molecule has 3 rings (SSSR count). The van der Waals surface area contributed by atoms with Gasteiger partial charge in [-0.25, -0.2) is 4.79 Å². The van der Waals surface area contributed by atoms with Crippen LogP contribution in [0.2, 0.25) is 0 Å². The zero-order chi connectivity index (χ0) is 17.1. The Bertz CT molecular complexity index is 954. The zero-order valence-corrected chi connectivity index (χ0v) is 13.1. The van der Waals surface area contributed by atoms with Crippen LogP contribution in [0.5, 0.6) is 0 Å². The lowest BCUT2D eigenvalue weighted by molar-refractivity contribution is 0.0600. The first-order valence-electron chi connectivity index (χ1n) is 7.16. The molecular weight excluding hydrogens is 306 g/mol. The van der Waals surface area contributed by atoms with Crippen LogP contribution in [0.3, 0.4) is 0 Å². The van der Waals surface area contributed by atoms with Crippen molar-refractivity contribution >= 4 is 5.97 Å². The van der Waals surface area contributed by atoms with E-state index in [0.717, 1.165) is 5.56 Å². The van der Waals surface area contributed by atoms with E-state index in [1.807, 2.05) is 6.92 Å². The quantitative estimate of drug-likeness (QED) is 0.688. The molecule has 0 atom stereocenters. The summed E-state index contributed by atoms with van der Waals surface area (Å²) in [6.07, 6.45) is 0. The Kier molecular flexibility index (Phi) is 4.08. The number of carbonyl (C=O) groups is 1. The Morgan fingerprint density at radius 2 is 2.04 bits per heavy atom. The molecule has 0 aliphatic heterocycles. The van der Waals surface area contributed by atoms with Gasteiger partial charge in [0.15, 0.2) is 0 Å². The molecule has 6 nitrogen and oxygen atoms in total. The Labute approximate surface area is 138 Å². The largest absolute Gasteiger partial charge is 0.465 e. The first-order chi connectivity index (χ1) is 11.6. The summed E-state index contributed by atoms with van der Waals surface area (Å²) in [5, 5.41) is 13.1. The summed E-state index contributed by atoms with van der Waals surface area (Å²) in [6.45, 7) is 1.81. The average Bonchev–Trinajstić information content (AvgIpc) is 3.11. The molecule has 0 amide bonds. The van der Waals surface area contributed by atoms with Crippen molar-refractivity contribution in [1.29, 1.82) is 5.26 Å². The molecule has 1 aromatic heterocycles. The van der Waals surface area contributed by atoms with E-state index in [2.05, 4.69) is 16.2 Å². The van der Waals surface area contributed by atoms with E-state index in [9.17, 15) is 4.79 Å². The van der Waals surface area contributed by atoms with Gasteiger partial charge in [0.1, 0.15) is 0 Å². The van der Waals surface area contributed by atoms with Crippen molar-refractivity contribution in [3.63, 3.8) is 0 Å². The highest BCUT2D eigenvalue weighted by Gasteiger charge is 2.15. The van der Waals surface area contributed by atoms with Crippen molar-refractivity contribution in [2.24, 2.45) is 0 Å². The number of aryl methyl sites for hydroxylation is 1. The number of benzene rings is 2. The summed E-state index contributed by atoms with van der Waals surface area (Å²) in [5.41, 5.74) is 3.00. The van der Waals surface area contributed by atoms with Crippen LogP contribution >= 0.6 is 0 Å². The Hall–Kier alpha value is -3.46. The normalized spacial score (nSPS) is 10.2. The van der Waals surface area contributed by atoms with E-state index < -0.39 is 5.97 Å². The minimum atomic E-state index is -0.393. The molecular formula is C18H13N3O3. The van der Waals surface area contributed by atoms with Crippen molar-refractivity contribution in [3.05, 3.63) is 59.2 Å². The Morgan fingerprint density at radius 1 is 1.25 bits per heavy atom. The minimum Gasteiger partial charge on any atom is -0.465 e. The zero-order valence-electron chi connectivity index (χ0n) is 13.1. The van der Waals surface area contributed by atoms with Crippen molar-refractivity contribution < 1.29 is 14.1 Å². The van der Waals surface area contributed by atoms with Gasteiger partial charge in [-0.2, -0.15) is 10.2 Å². The number of rotatable bonds is 3. The second kappa shape index (κ2) is 6.34. The van der Waals surface area contributed by atoms with Crippen LogP contribution in [0, 0.1) is 18.3 Å². The Morgan fingerprint density at radius 3 is 2.75 bits per heavy atom. The van der Waals surface area contributed by atoms with Crippen molar-refractivity contribution in [3.8, 4) is 28.9 Å². The van der Waals surface area contributed by atoms with Crippen molar-refractivity contribution in [2.75, 3.05) is 7.11 Å². The van der Waals surface area contributed by atoms with Crippen LogP contribution in [0.15, 0.2) is 47.0 Å². The highest BCUT2D eigenvalue weighted by atomic mass is 16.5. The van der Waals surface area contributed by atoms with Gasteiger partial charge in [0, 0.05) is 5.56 Å². The van der Waals surface area contributed by atoms with Gasteiger partial charge in [0.25, 0.3) is 5.89 Å². The van der Waals surface area contributed by atoms with Crippen molar-refractivity contribution in [2.45, 2.75) is 6.92 Å². The Balaban J connectivity index is 1.98. The van der Waals surface area contributed by atoms with Gasteiger partial charge in [-0.05, 0) is 36.8 Å². The van der Waals surface area contributed by atoms with Gasteiger partial charge in [-0.3, -0.25) is 0 Å². The number of hydrogen-bond acceptors (Lipinski definition) is 6. The molecule has 0 aliphatic carbocycles. The van der Waals surface area contributed by atoms with Crippen LogP contribution in [-0.4, -0.2) is 23.2 Å². The number of aromatic nitrogens is 2. The average molecular weight is 319 g/mol. The van der Waals surface area contributed by atoms with E-state index in [4.69, 9.17) is 14.5 Å². The van der Waals surface area contributed by atoms with E-state index in [1.54, 1.807) is 42.5 Å². The lowest BCUT2D eigenvalue weighted by Crippen LogP contribution is -2.03. The molecule has 3 aromatic rings. The van der Waals surface area contributed by atoms with Crippen molar-refractivity contribution in [1.82, 2.24) is 10.1 Å². The first kappa shape index (κ1) is 15.4. The van der Waals surface area contributed by atoms with Gasteiger partial charge in [0.05, 0.1) is 29.9 Å². The van der Waals surface area contributed by atoms with Gasteiger partial charge in [-0.1, -0.05) is 23.4 Å². The molecule has 0 N–H and O–H groups in total. The smallest absolute Gasteiger partial charge is 0.338 e. The van der Waals surface area contributed by atoms with E-state index in [0.29, 0.717) is 28.1 Å². The maximum Gasteiger partial charge on any atom is 0.338 e. The summed E-state index contributed by atoms with van der Waals surface area (Å²) in [5.74, 6) is 0.268. The molecule has 0 spiro atoms. The predicted octanol–water partition coefficient (Wildman–Crippen LogP) is 3.37. The number of methoxy groups -OCH3 is 1. The molecule has 0 saturated heterocycles. The van der Waals surface area contributed by atoms with Crippen LogP contribution in [0.1, 0.15) is 21.5 Å². The molecule has 0 fully saturated rings. The second-order valence-corrected chi connectivity index (χ2v) is 5.10. The topological polar surface area (TPSA) is 89.0 Å².